The summed E-state index contributed by atoms with van der Waals surface area (Å²) in [6.07, 6.45) is 6.95. The van der Waals surface area contributed by atoms with Crippen LogP contribution in [-0.4, -0.2) is 25.2 Å². The number of fused-ring (bicyclic) bond motifs is 1. The molecule has 2 heterocycles. The Morgan fingerprint density at radius 2 is 2.20 bits per heavy atom. The lowest BCUT2D eigenvalue weighted by Gasteiger charge is -2.21. The molecule has 3 rings (SSSR count). The number of carbonyl (C=O) groups is 1. The molecule has 1 N–H and O–H groups in total. The predicted octanol–water partition coefficient (Wildman–Crippen LogP) is 3.14. The molecule has 108 valence electrons. The second kappa shape index (κ2) is 5.87. The molecule has 0 radical (unpaired) electrons. The summed E-state index contributed by atoms with van der Waals surface area (Å²) in [6.45, 7) is 3.10. The first-order valence-electron chi connectivity index (χ1n) is 7.12. The Hall–Kier alpha value is -1.49. The first-order chi connectivity index (χ1) is 9.75. The third kappa shape index (κ3) is 2.68. The van der Waals surface area contributed by atoms with Crippen molar-refractivity contribution in [2.75, 3.05) is 13.2 Å². The standard InChI is InChI=1S/C15H19NO3S/c1-10(11-5-3-2-4-6-11)16-15(17)14-13-12(9-20-14)18-7-8-19-13/h5,9-10H,2-4,6-8H2,1H3,(H,16,17). The van der Waals surface area contributed by atoms with Gasteiger partial charge in [0.25, 0.3) is 5.91 Å². The van der Waals surface area contributed by atoms with Gasteiger partial charge in [-0.3, -0.25) is 4.79 Å². The van der Waals surface area contributed by atoms with Gasteiger partial charge in [0.1, 0.15) is 18.1 Å². The van der Waals surface area contributed by atoms with Crippen molar-refractivity contribution in [2.24, 2.45) is 0 Å². The monoisotopic (exact) mass is 293 g/mol. The molecule has 5 heteroatoms. The highest BCUT2D eigenvalue weighted by molar-refractivity contribution is 7.12. The smallest absolute Gasteiger partial charge is 0.265 e. The molecular weight excluding hydrogens is 274 g/mol. The fourth-order valence-electron chi connectivity index (χ4n) is 2.63. The van der Waals surface area contributed by atoms with Crippen LogP contribution in [0.2, 0.25) is 0 Å². The quantitative estimate of drug-likeness (QED) is 0.871. The first kappa shape index (κ1) is 13.5. The Kier molecular flexibility index (Phi) is 3.96. The second-order valence-corrected chi connectivity index (χ2v) is 6.05. The van der Waals surface area contributed by atoms with Gasteiger partial charge in [-0.2, -0.15) is 0 Å². The average molecular weight is 293 g/mol. The van der Waals surface area contributed by atoms with Gasteiger partial charge in [-0.25, -0.2) is 0 Å². The molecule has 1 aromatic rings. The first-order valence-corrected chi connectivity index (χ1v) is 8.00. The van der Waals surface area contributed by atoms with Crippen LogP contribution in [-0.2, 0) is 0 Å². The molecule has 0 saturated carbocycles. The van der Waals surface area contributed by atoms with Crippen LogP contribution in [0.4, 0.5) is 0 Å². The normalized spacial score (nSPS) is 19.1. The largest absolute Gasteiger partial charge is 0.485 e. The molecule has 1 amide bonds. The van der Waals surface area contributed by atoms with Gasteiger partial charge in [-0.15, -0.1) is 11.3 Å². The van der Waals surface area contributed by atoms with Crippen LogP contribution in [0, 0.1) is 0 Å². The lowest BCUT2D eigenvalue weighted by Crippen LogP contribution is -2.34. The van der Waals surface area contributed by atoms with E-state index in [4.69, 9.17) is 9.47 Å². The van der Waals surface area contributed by atoms with Crippen molar-refractivity contribution in [1.82, 2.24) is 5.32 Å². The van der Waals surface area contributed by atoms with Gasteiger partial charge in [-0.05, 0) is 32.6 Å². The highest BCUT2D eigenvalue weighted by atomic mass is 32.1. The number of hydrogen-bond donors (Lipinski definition) is 1. The molecule has 1 aromatic heterocycles. The lowest BCUT2D eigenvalue weighted by molar-refractivity contribution is 0.0939. The van der Waals surface area contributed by atoms with Gasteiger partial charge in [0, 0.05) is 11.4 Å². The maximum atomic E-state index is 12.4. The van der Waals surface area contributed by atoms with Crippen LogP contribution in [0.1, 0.15) is 42.3 Å². The van der Waals surface area contributed by atoms with Gasteiger partial charge in [0.15, 0.2) is 11.5 Å². The van der Waals surface area contributed by atoms with Crippen LogP contribution in [0.5, 0.6) is 11.5 Å². The van der Waals surface area contributed by atoms with E-state index in [1.807, 2.05) is 12.3 Å². The Balaban J connectivity index is 1.70. The Morgan fingerprint density at radius 3 is 3.00 bits per heavy atom. The van der Waals surface area contributed by atoms with Crippen molar-refractivity contribution in [1.29, 1.82) is 0 Å². The van der Waals surface area contributed by atoms with E-state index in [9.17, 15) is 4.79 Å². The minimum Gasteiger partial charge on any atom is -0.485 e. The third-order valence-electron chi connectivity index (χ3n) is 3.74. The van der Waals surface area contributed by atoms with E-state index in [0.29, 0.717) is 29.6 Å². The minimum atomic E-state index is -0.0688. The fourth-order valence-corrected chi connectivity index (χ4v) is 3.46. The molecular formula is C15H19NO3S. The van der Waals surface area contributed by atoms with Crippen LogP contribution in [0.25, 0.3) is 0 Å². The Labute approximate surface area is 122 Å². The van der Waals surface area contributed by atoms with Crippen molar-refractivity contribution >= 4 is 17.2 Å². The molecule has 4 nitrogen and oxygen atoms in total. The summed E-state index contributed by atoms with van der Waals surface area (Å²) in [5, 5.41) is 4.91. The molecule has 1 aliphatic carbocycles. The minimum absolute atomic E-state index is 0.0688. The van der Waals surface area contributed by atoms with Gasteiger partial charge in [-0.1, -0.05) is 11.6 Å². The summed E-state index contributed by atoms with van der Waals surface area (Å²) in [4.78, 5) is 13.0. The molecule has 0 bridgehead atoms. The summed E-state index contributed by atoms with van der Waals surface area (Å²) in [6, 6.07) is 0.0880. The highest BCUT2D eigenvalue weighted by Gasteiger charge is 2.25. The number of amides is 1. The van der Waals surface area contributed by atoms with Crippen molar-refractivity contribution in [3.05, 3.63) is 21.9 Å². The molecule has 0 spiro atoms. The lowest BCUT2D eigenvalue weighted by atomic mass is 9.95. The predicted molar refractivity (Wildman–Crippen MR) is 78.8 cm³/mol. The van der Waals surface area contributed by atoms with E-state index in [2.05, 4.69) is 11.4 Å². The van der Waals surface area contributed by atoms with Crippen LogP contribution >= 0.6 is 11.3 Å². The van der Waals surface area contributed by atoms with Crippen LogP contribution in [0.15, 0.2) is 17.0 Å². The van der Waals surface area contributed by atoms with E-state index in [1.54, 1.807) is 0 Å². The second-order valence-electron chi connectivity index (χ2n) is 5.18. The SMILES string of the molecule is CC(NC(=O)c1scc2c1OCCO2)C1=CCCCC1. The molecule has 1 unspecified atom stereocenters. The molecule has 0 saturated heterocycles. The maximum Gasteiger partial charge on any atom is 0.265 e. The summed E-state index contributed by atoms with van der Waals surface area (Å²) >= 11 is 1.38. The number of nitrogens with one attached hydrogen (secondary N) is 1. The van der Waals surface area contributed by atoms with Crippen molar-refractivity contribution in [3.8, 4) is 11.5 Å². The number of thiophene rings is 1. The number of allylic oxidation sites excluding steroid dienone is 1. The van der Waals surface area contributed by atoms with E-state index in [0.717, 1.165) is 12.8 Å². The topological polar surface area (TPSA) is 47.6 Å². The van der Waals surface area contributed by atoms with Crippen molar-refractivity contribution < 1.29 is 14.3 Å². The number of ether oxygens (including phenoxy) is 2. The maximum absolute atomic E-state index is 12.4. The molecule has 0 aromatic carbocycles. The Bertz CT molecular complexity index is 535. The summed E-state index contributed by atoms with van der Waals surface area (Å²) in [7, 11) is 0. The van der Waals surface area contributed by atoms with Gasteiger partial charge in [0.05, 0.1) is 0 Å². The number of carbonyl (C=O) groups excluding carboxylic acids is 1. The molecule has 20 heavy (non-hydrogen) atoms. The number of rotatable bonds is 3. The van der Waals surface area contributed by atoms with Crippen molar-refractivity contribution in [2.45, 2.75) is 38.6 Å². The molecule has 0 fully saturated rings. The van der Waals surface area contributed by atoms with Gasteiger partial charge < -0.3 is 14.8 Å². The molecule has 1 atom stereocenters. The Morgan fingerprint density at radius 1 is 1.35 bits per heavy atom. The van der Waals surface area contributed by atoms with Gasteiger partial charge in [0.2, 0.25) is 0 Å². The summed E-state index contributed by atoms with van der Waals surface area (Å²) in [5.74, 6) is 1.22. The average Bonchev–Trinajstić information content (AvgIpc) is 2.92. The number of hydrogen-bond acceptors (Lipinski definition) is 4. The van der Waals surface area contributed by atoms with E-state index in [1.165, 1.54) is 29.8 Å². The van der Waals surface area contributed by atoms with Gasteiger partial charge >= 0.3 is 0 Å². The zero-order valence-electron chi connectivity index (χ0n) is 11.6. The molecule has 1 aliphatic heterocycles. The fraction of sp³-hybridized carbons (Fsp3) is 0.533. The summed E-state index contributed by atoms with van der Waals surface area (Å²) in [5.41, 5.74) is 1.34. The van der Waals surface area contributed by atoms with Crippen LogP contribution < -0.4 is 14.8 Å². The van der Waals surface area contributed by atoms with Crippen molar-refractivity contribution in [3.63, 3.8) is 0 Å². The molecule has 2 aliphatic rings. The zero-order chi connectivity index (χ0) is 13.9. The van der Waals surface area contributed by atoms with E-state index >= 15 is 0 Å². The third-order valence-corrected chi connectivity index (χ3v) is 4.68. The van der Waals surface area contributed by atoms with Crippen LogP contribution in [0.3, 0.4) is 0 Å². The highest BCUT2D eigenvalue weighted by Crippen LogP contribution is 2.39. The zero-order valence-corrected chi connectivity index (χ0v) is 12.4. The van der Waals surface area contributed by atoms with E-state index in [-0.39, 0.29) is 11.9 Å². The van der Waals surface area contributed by atoms with E-state index < -0.39 is 0 Å². The summed E-state index contributed by atoms with van der Waals surface area (Å²) < 4.78 is 11.0.